The lowest BCUT2D eigenvalue weighted by Crippen LogP contribution is -2.42. The van der Waals surface area contributed by atoms with Crippen LogP contribution >= 0.6 is 0 Å². The van der Waals surface area contributed by atoms with E-state index < -0.39 is 45.2 Å². The van der Waals surface area contributed by atoms with Crippen molar-refractivity contribution in [2.45, 2.75) is 24.2 Å². The number of hydrogen-bond acceptors (Lipinski definition) is 4. The molecule has 0 amide bonds. The molecule has 2 aromatic heterocycles. The van der Waals surface area contributed by atoms with Crippen LogP contribution < -0.4 is 0 Å². The lowest BCUT2D eigenvalue weighted by molar-refractivity contribution is -0.173. The molecule has 0 radical (unpaired) electrons. The molecule has 0 aliphatic rings. The van der Waals surface area contributed by atoms with Gasteiger partial charge in [0.05, 0.1) is 6.20 Å². The van der Waals surface area contributed by atoms with Gasteiger partial charge in [-0.15, -0.1) is 0 Å². The fourth-order valence-electron chi connectivity index (χ4n) is 2.72. The molecule has 1 atom stereocenters. The van der Waals surface area contributed by atoms with Gasteiger partial charge in [0.2, 0.25) is 0 Å². The molecule has 1 unspecified atom stereocenters. The summed E-state index contributed by atoms with van der Waals surface area (Å²) in [6, 6.07) is 1.05. The van der Waals surface area contributed by atoms with E-state index >= 15 is 0 Å². The summed E-state index contributed by atoms with van der Waals surface area (Å²) in [7, 11) is -4.60. The SMILES string of the molecule is CCN(C(c1ccc(F)cc1)C(F)(F)F)S(=O)(=O)c1cn2ccnc2cn1. The van der Waals surface area contributed by atoms with Crippen molar-refractivity contribution >= 4 is 15.7 Å². The topological polar surface area (TPSA) is 67.6 Å². The second kappa shape index (κ2) is 6.89. The second-order valence-corrected chi connectivity index (χ2v) is 7.46. The third-order valence-corrected chi connectivity index (χ3v) is 5.75. The lowest BCUT2D eigenvalue weighted by atomic mass is 10.1. The number of rotatable bonds is 5. The van der Waals surface area contributed by atoms with E-state index in [4.69, 9.17) is 0 Å². The van der Waals surface area contributed by atoms with Crippen molar-refractivity contribution in [1.29, 1.82) is 0 Å². The molecule has 144 valence electrons. The Labute approximate surface area is 152 Å². The van der Waals surface area contributed by atoms with Gasteiger partial charge in [-0.1, -0.05) is 19.1 Å². The number of alkyl halides is 3. The highest BCUT2D eigenvalue weighted by atomic mass is 32.2. The smallest absolute Gasteiger partial charge is 0.303 e. The zero-order chi connectivity index (χ0) is 19.8. The Morgan fingerprint density at radius 1 is 1.19 bits per heavy atom. The first-order chi connectivity index (χ1) is 12.6. The van der Waals surface area contributed by atoms with Gasteiger partial charge in [0.25, 0.3) is 10.0 Å². The molecule has 2 heterocycles. The molecule has 3 aromatic rings. The van der Waals surface area contributed by atoms with Crippen molar-refractivity contribution in [1.82, 2.24) is 18.7 Å². The fraction of sp³-hybridized carbons (Fsp3) is 0.250. The predicted octanol–water partition coefficient (Wildman–Crippen LogP) is 3.18. The lowest BCUT2D eigenvalue weighted by Gasteiger charge is -2.31. The number of sulfonamides is 1. The van der Waals surface area contributed by atoms with E-state index in [2.05, 4.69) is 9.97 Å². The Kier molecular flexibility index (Phi) is 4.91. The van der Waals surface area contributed by atoms with Crippen LogP contribution in [0, 0.1) is 5.82 Å². The third kappa shape index (κ3) is 3.65. The Morgan fingerprint density at radius 2 is 1.85 bits per heavy atom. The first kappa shape index (κ1) is 19.2. The van der Waals surface area contributed by atoms with Crippen molar-refractivity contribution in [2.24, 2.45) is 0 Å². The van der Waals surface area contributed by atoms with Crippen LogP contribution in [-0.4, -0.2) is 39.8 Å². The van der Waals surface area contributed by atoms with Gasteiger partial charge in [0, 0.05) is 25.1 Å². The van der Waals surface area contributed by atoms with Gasteiger partial charge in [-0.25, -0.2) is 22.8 Å². The van der Waals surface area contributed by atoms with Crippen LogP contribution in [0.25, 0.3) is 5.65 Å². The van der Waals surface area contributed by atoms with Crippen molar-refractivity contribution < 1.29 is 26.0 Å². The van der Waals surface area contributed by atoms with Crippen molar-refractivity contribution in [3.8, 4) is 0 Å². The minimum absolute atomic E-state index is 0.297. The number of fused-ring (bicyclic) bond motifs is 1. The number of halogens is 4. The molecule has 6 nitrogen and oxygen atoms in total. The Morgan fingerprint density at radius 3 is 2.44 bits per heavy atom. The van der Waals surface area contributed by atoms with E-state index in [1.54, 1.807) is 0 Å². The number of nitrogens with zero attached hydrogens (tertiary/aromatic N) is 4. The molecular weight excluding hydrogens is 388 g/mol. The summed E-state index contributed by atoms with van der Waals surface area (Å²) in [6.07, 6.45) is 0.190. The summed E-state index contributed by atoms with van der Waals surface area (Å²) in [5, 5.41) is -0.550. The maximum Gasteiger partial charge on any atom is 0.409 e. The van der Waals surface area contributed by atoms with Crippen LogP contribution in [0.4, 0.5) is 17.6 Å². The maximum atomic E-state index is 13.8. The average molecular weight is 402 g/mol. The van der Waals surface area contributed by atoms with Crippen molar-refractivity contribution in [2.75, 3.05) is 6.54 Å². The minimum atomic E-state index is -4.92. The molecular formula is C16H14F4N4O2S. The zero-order valence-electron chi connectivity index (χ0n) is 13.9. The number of benzene rings is 1. The molecule has 0 spiro atoms. The van der Waals surface area contributed by atoms with Gasteiger partial charge < -0.3 is 4.40 Å². The summed E-state index contributed by atoms with van der Waals surface area (Å²) < 4.78 is 81.9. The van der Waals surface area contributed by atoms with Crippen LogP contribution in [0.3, 0.4) is 0 Å². The molecule has 0 saturated heterocycles. The van der Waals surface area contributed by atoms with Crippen LogP contribution in [0.5, 0.6) is 0 Å². The van der Waals surface area contributed by atoms with E-state index in [0.29, 0.717) is 9.95 Å². The quantitative estimate of drug-likeness (QED) is 0.615. The molecule has 1 aromatic carbocycles. The summed E-state index contributed by atoms with van der Waals surface area (Å²) >= 11 is 0. The van der Waals surface area contributed by atoms with Crippen molar-refractivity contribution in [3.05, 3.63) is 60.4 Å². The Hall–Kier alpha value is -2.53. The molecule has 0 fully saturated rings. The highest BCUT2D eigenvalue weighted by Crippen LogP contribution is 2.40. The maximum absolute atomic E-state index is 13.8. The Bertz CT molecular complexity index is 1050. The molecule has 0 aliphatic heterocycles. The highest BCUT2D eigenvalue weighted by Gasteiger charge is 2.49. The second-order valence-electron chi connectivity index (χ2n) is 5.62. The van der Waals surface area contributed by atoms with Gasteiger partial charge in [0.15, 0.2) is 10.7 Å². The van der Waals surface area contributed by atoms with Crippen LogP contribution in [0.1, 0.15) is 18.5 Å². The molecule has 0 N–H and O–H groups in total. The molecule has 27 heavy (non-hydrogen) atoms. The number of aromatic nitrogens is 3. The van der Waals surface area contributed by atoms with E-state index in [1.165, 1.54) is 23.7 Å². The normalized spacial score (nSPS) is 14.0. The summed E-state index contributed by atoms with van der Waals surface area (Å²) in [5.41, 5.74) is -0.0408. The van der Waals surface area contributed by atoms with Crippen molar-refractivity contribution in [3.63, 3.8) is 0 Å². The van der Waals surface area contributed by atoms with Crippen LogP contribution in [-0.2, 0) is 10.0 Å². The van der Waals surface area contributed by atoms with E-state index in [9.17, 15) is 26.0 Å². The standard InChI is InChI=1S/C16H14F4N4O2S/c1-2-24(15(16(18,19)20)11-3-5-12(17)6-4-11)27(25,26)14-10-23-8-7-21-13(23)9-22-14/h3-10,15H,2H2,1H3. The summed E-state index contributed by atoms with van der Waals surface area (Å²) in [4.78, 5) is 7.67. The molecule has 3 rings (SSSR count). The minimum Gasteiger partial charge on any atom is -0.303 e. The Balaban J connectivity index is 2.11. The summed E-state index contributed by atoms with van der Waals surface area (Å²) in [5.74, 6) is -0.724. The third-order valence-electron chi connectivity index (χ3n) is 3.92. The number of imidazole rings is 1. The zero-order valence-corrected chi connectivity index (χ0v) is 14.7. The van der Waals surface area contributed by atoms with Crippen LogP contribution in [0.15, 0.2) is 54.1 Å². The van der Waals surface area contributed by atoms with Gasteiger partial charge in [-0.05, 0) is 17.7 Å². The predicted molar refractivity (Wildman–Crippen MR) is 87.7 cm³/mol. The molecule has 11 heteroatoms. The van der Waals surface area contributed by atoms with Gasteiger partial charge in [-0.2, -0.15) is 17.5 Å². The monoisotopic (exact) mass is 402 g/mol. The van der Waals surface area contributed by atoms with E-state index in [1.807, 2.05) is 0 Å². The van der Waals surface area contributed by atoms with Crippen LogP contribution in [0.2, 0.25) is 0 Å². The average Bonchev–Trinajstić information content (AvgIpc) is 3.07. The number of hydrogen-bond donors (Lipinski definition) is 0. The molecule has 0 aliphatic carbocycles. The van der Waals surface area contributed by atoms with Gasteiger partial charge in [0.1, 0.15) is 11.9 Å². The summed E-state index contributed by atoms with van der Waals surface area (Å²) in [6.45, 7) is 0.823. The van der Waals surface area contributed by atoms with Gasteiger partial charge in [-0.3, -0.25) is 0 Å². The first-order valence-corrected chi connectivity index (χ1v) is 9.21. The highest BCUT2D eigenvalue weighted by molar-refractivity contribution is 7.89. The largest absolute Gasteiger partial charge is 0.409 e. The van der Waals surface area contributed by atoms with Gasteiger partial charge >= 0.3 is 6.18 Å². The molecule has 0 bridgehead atoms. The van der Waals surface area contributed by atoms with E-state index in [-0.39, 0.29) is 0 Å². The fourth-order valence-corrected chi connectivity index (χ4v) is 4.25. The molecule has 0 saturated carbocycles. The first-order valence-electron chi connectivity index (χ1n) is 7.77. The van der Waals surface area contributed by atoms with E-state index in [0.717, 1.165) is 36.7 Å².